The summed E-state index contributed by atoms with van der Waals surface area (Å²) in [7, 11) is 0. The van der Waals surface area contributed by atoms with Gasteiger partial charge in [-0.3, -0.25) is 4.99 Å². The minimum absolute atomic E-state index is 0.115. The normalized spacial score (nSPS) is 22.6. The topological polar surface area (TPSA) is 59.6 Å². The Morgan fingerprint density at radius 1 is 1.47 bits per heavy atom. The Balaban J connectivity index is 1.63. The molecule has 1 fully saturated rings. The van der Waals surface area contributed by atoms with Crippen molar-refractivity contribution in [2.45, 2.75) is 25.3 Å². The fraction of sp³-hybridized carbons (Fsp3) is 0.500. The number of halogens is 1. The molecule has 19 heavy (non-hydrogen) atoms. The van der Waals surface area contributed by atoms with E-state index in [9.17, 15) is 4.39 Å². The molecule has 1 atom stereocenters. The predicted molar refractivity (Wildman–Crippen MR) is 71.6 cm³/mol. The van der Waals surface area contributed by atoms with Gasteiger partial charge in [-0.1, -0.05) is 6.42 Å². The fourth-order valence-corrected chi connectivity index (χ4v) is 2.43. The number of benzene rings is 1. The van der Waals surface area contributed by atoms with Gasteiger partial charge >= 0.3 is 0 Å². The molecule has 0 saturated heterocycles. The number of nitrogens with one attached hydrogen (secondary N) is 1. The zero-order valence-electron chi connectivity index (χ0n) is 10.7. The number of rotatable bonds is 3. The van der Waals surface area contributed by atoms with Crippen molar-refractivity contribution in [1.82, 2.24) is 5.32 Å². The number of aliphatic imine (C=N–C) groups is 1. The van der Waals surface area contributed by atoms with Gasteiger partial charge in [0.1, 0.15) is 18.2 Å². The monoisotopic (exact) mass is 263 g/mol. The van der Waals surface area contributed by atoms with Gasteiger partial charge in [-0.2, -0.15) is 0 Å². The molecule has 3 N–H and O–H groups in total. The average molecular weight is 263 g/mol. The first-order chi connectivity index (χ1) is 9.22. The van der Waals surface area contributed by atoms with E-state index in [1.165, 1.54) is 31.4 Å². The second-order valence-corrected chi connectivity index (χ2v) is 5.21. The molecule has 1 aliphatic heterocycles. The molecule has 3 rings (SSSR count). The Bertz CT molecular complexity index is 499. The molecule has 1 aliphatic carbocycles. The van der Waals surface area contributed by atoms with E-state index in [-0.39, 0.29) is 11.9 Å². The quantitative estimate of drug-likeness (QED) is 0.647. The molecule has 0 bridgehead atoms. The van der Waals surface area contributed by atoms with Crippen LogP contribution in [-0.2, 0) is 0 Å². The van der Waals surface area contributed by atoms with Crippen molar-refractivity contribution < 1.29 is 9.13 Å². The first-order valence-corrected chi connectivity index (χ1v) is 6.71. The lowest BCUT2D eigenvalue weighted by Crippen LogP contribution is -2.36. The molecule has 102 valence electrons. The van der Waals surface area contributed by atoms with Crippen molar-refractivity contribution in [3.8, 4) is 5.75 Å². The molecule has 0 spiro atoms. The second kappa shape index (κ2) is 5.07. The molecular formula is C14H18FN3O. The molecule has 0 amide bonds. The Labute approximate surface area is 111 Å². The van der Waals surface area contributed by atoms with Crippen molar-refractivity contribution in [2.24, 2.45) is 16.6 Å². The van der Waals surface area contributed by atoms with Gasteiger partial charge in [-0.15, -0.1) is 0 Å². The Kier molecular flexibility index (Phi) is 3.27. The highest BCUT2D eigenvalue weighted by atomic mass is 19.1. The maximum atomic E-state index is 13.2. The van der Waals surface area contributed by atoms with Crippen LogP contribution in [0.15, 0.2) is 23.2 Å². The third-order valence-corrected chi connectivity index (χ3v) is 3.82. The fourth-order valence-electron chi connectivity index (χ4n) is 2.43. The molecule has 2 aliphatic rings. The SMILES string of the molecule is NC(=NCC1CCC1)NC1COc2ccc(F)cc21. The highest BCUT2D eigenvalue weighted by Gasteiger charge is 2.25. The van der Waals surface area contributed by atoms with E-state index < -0.39 is 0 Å². The van der Waals surface area contributed by atoms with Crippen LogP contribution in [0.1, 0.15) is 30.9 Å². The molecular weight excluding hydrogens is 245 g/mol. The minimum atomic E-state index is -0.263. The number of nitrogens with zero attached hydrogens (tertiary/aromatic N) is 1. The first-order valence-electron chi connectivity index (χ1n) is 6.71. The van der Waals surface area contributed by atoms with E-state index in [2.05, 4.69) is 10.3 Å². The van der Waals surface area contributed by atoms with Crippen LogP contribution in [0.3, 0.4) is 0 Å². The van der Waals surface area contributed by atoms with Gasteiger partial charge < -0.3 is 15.8 Å². The molecule has 1 aromatic carbocycles. The molecule has 1 saturated carbocycles. The lowest BCUT2D eigenvalue weighted by atomic mass is 9.86. The molecule has 0 radical (unpaired) electrons. The summed E-state index contributed by atoms with van der Waals surface area (Å²) in [4.78, 5) is 4.34. The smallest absolute Gasteiger partial charge is 0.189 e. The van der Waals surface area contributed by atoms with E-state index in [1.807, 2.05) is 0 Å². The Morgan fingerprint density at radius 3 is 3.05 bits per heavy atom. The maximum absolute atomic E-state index is 13.2. The number of guanidine groups is 1. The number of hydrogen-bond donors (Lipinski definition) is 2. The zero-order valence-corrected chi connectivity index (χ0v) is 10.7. The summed E-state index contributed by atoms with van der Waals surface area (Å²) in [5.41, 5.74) is 6.67. The van der Waals surface area contributed by atoms with E-state index in [4.69, 9.17) is 10.5 Å². The molecule has 0 aromatic heterocycles. The van der Waals surface area contributed by atoms with Crippen LogP contribution in [0.5, 0.6) is 5.75 Å². The Hall–Kier alpha value is -1.78. The van der Waals surface area contributed by atoms with E-state index in [0.717, 1.165) is 12.1 Å². The summed E-state index contributed by atoms with van der Waals surface area (Å²) in [6, 6.07) is 4.42. The van der Waals surface area contributed by atoms with Crippen LogP contribution >= 0.6 is 0 Å². The summed E-state index contributed by atoms with van der Waals surface area (Å²) < 4.78 is 18.7. The summed E-state index contributed by atoms with van der Waals surface area (Å²) >= 11 is 0. The standard InChI is InChI=1S/C14H18FN3O/c15-10-4-5-13-11(6-10)12(8-19-13)18-14(16)17-7-9-2-1-3-9/h4-6,9,12H,1-3,7-8H2,(H3,16,17,18). The molecule has 5 heteroatoms. The lowest BCUT2D eigenvalue weighted by molar-refractivity contribution is 0.320. The highest BCUT2D eigenvalue weighted by Crippen LogP contribution is 2.32. The van der Waals surface area contributed by atoms with Gasteiger partial charge in [0.05, 0.1) is 6.04 Å². The van der Waals surface area contributed by atoms with Gasteiger partial charge in [0.2, 0.25) is 0 Å². The largest absolute Gasteiger partial charge is 0.491 e. The van der Waals surface area contributed by atoms with Crippen LogP contribution in [0.4, 0.5) is 4.39 Å². The van der Waals surface area contributed by atoms with Crippen LogP contribution in [0, 0.1) is 11.7 Å². The van der Waals surface area contributed by atoms with Crippen LogP contribution < -0.4 is 15.8 Å². The van der Waals surface area contributed by atoms with Crippen molar-refractivity contribution in [3.63, 3.8) is 0 Å². The van der Waals surface area contributed by atoms with Crippen molar-refractivity contribution in [2.75, 3.05) is 13.2 Å². The number of ether oxygens (including phenoxy) is 1. The summed E-state index contributed by atoms with van der Waals surface area (Å²) in [5, 5.41) is 3.10. The number of nitrogens with two attached hydrogens (primary N) is 1. The summed E-state index contributed by atoms with van der Waals surface area (Å²) in [6.07, 6.45) is 3.80. The van der Waals surface area contributed by atoms with E-state index in [1.54, 1.807) is 6.07 Å². The van der Waals surface area contributed by atoms with Gasteiger partial charge in [0.25, 0.3) is 0 Å². The maximum Gasteiger partial charge on any atom is 0.189 e. The zero-order chi connectivity index (χ0) is 13.2. The lowest BCUT2D eigenvalue weighted by Gasteiger charge is -2.23. The molecule has 1 aromatic rings. The van der Waals surface area contributed by atoms with Crippen molar-refractivity contribution in [1.29, 1.82) is 0 Å². The van der Waals surface area contributed by atoms with E-state index in [0.29, 0.717) is 24.2 Å². The van der Waals surface area contributed by atoms with E-state index >= 15 is 0 Å². The van der Waals surface area contributed by atoms with Crippen LogP contribution in [-0.4, -0.2) is 19.1 Å². The summed E-state index contributed by atoms with van der Waals surface area (Å²) in [5.74, 6) is 1.55. The van der Waals surface area contributed by atoms with Crippen molar-refractivity contribution in [3.05, 3.63) is 29.6 Å². The predicted octanol–water partition coefficient (Wildman–Crippen LogP) is 1.96. The number of fused-ring (bicyclic) bond motifs is 1. The minimum Gasteiger partial charge on any atom is -0.491 e. The van der Waals surface area contributed by atoms with Gasteiger partial charge in [-0.25, -0.2) is 4.39 Å². The molecule has 4 nitrogen and oxygen atoms in total. The van der Waals surface area contributed by atoms with Gasteiger partial charge in [0, 0.05) is 12.1 Å². The second-order valence-electron chi connectivity index (χ2n) is 5.21. The first kappa shape index (κ1) is 12.3. The van der Waals surface area contributed by atoms with Crippen LogP contribution in [0.2, 0.25) is 0 Å². The molecule has 1 unspecified atom stereocenters. The third kappa shape index (κ3) is 2.64. The highest BCUT2D eigenvalue weighted by molar-refractivity contribution is 5.78. The average Bonchev–Trinajstić information content (AvgIpc) is 2.70. The summed E-state index contributed by atoms with van der Waals surface area (Å²) in [6.45, 7) is 1.24. The molecule has 1 heterocycles. The van der Waals surface area contributed by atoms with Gasteiger partial charge in [-0.05, 0) is 37.0 Å². The van der Waals surface area contributed by atoms with Crippen LogP contribution in [0.25, 0.3) is 0 Å². The third-order valence-electron chi connectivity index (χ3n) is 3.82. The van der Waals surface area contributed by atoms with Crippen molar-refractivity contribution >= 4 is 5.96 Å². The Morgan fingerprint density at radius 2 is 2.32 bits per heavy atom. The number of hydrogen-bond acceptors (Lipinski definition) is 2. The van der Waals surface area contributed by atoms with Gasteiger partial charge in [0.15, 0.2) is 5.96 Å².